The van der Waals surface area contributed by atoms with E-state index in [1.807, 2.05) is 18.7 Å². The molecule has 0 spiro atoms. The van der Waals surface area contributed by atoms with Crippen LogP contribution >= 0.6 is 12.2 Å². The SMILES string of the molecule is CCC(CC)(C(=O)N1CCCN(C)CC1C)C(N)=S. The van der Waals surface area contributed by atoms with Gasteiger partial charge in [0.25, 0.3) is 0 Å². The molecule has 1 rings (SSSR count). The van der Waals surface area contributed by atoms with E-state index < -0.39 is 5.41 Å². The molecule has 1 unspecified atom stereocenters. The lowest BCUT2D eigenvalue weighted by atomic mass is 9.80. The number of likely N-dealkylation sites (N-methyl/N-ethyl adjacent to an activating group) is 1. The van der Waals surface area contributed by atoms with Gasteiger partial charge < -0.3 is 15.5 Å². The van der Waals surface area contributed by atoms with Crippen molar-refractivity contribution in [1.82, 2.24) is 9.80 Å². The van der Waals surface area contributed by atoms with Crippen molar-refractivity contribution < 1.29 is 4.79 Å². The molecular formula is C14H27N3OS. The first-order chi connectivity index (χ1) is 8.89. The molecular weight excluding hydrogens is 258 g/mol. The van der Waals surface area contributed by atoms with Gasteiger partial charge in [0.1, 0.15) is 0 Å². The summed E-state index contributed by atoms with van der Waals surface area (Å²) in [6.45, 7) is 8.84. The van der Waals surface area contributed by atoms with Crippen molar-refractivity contribution in [3.8, 4) is 0 Å². The Labute approximate surface area is 122 Å². The third kappa shape index (κ3) is 3.26. The van der Waals surface area contributed by atoms with Crippen LogP contribution in [0.5, 0.6) is 0 Å². The molecule has 0 aromatic carbocycles. The minimum atomic E-state index is -0.660. The molecule has 1 fully saturated rings. The molecule has 1 heterocycles. The zero-order valence-electron chi connectivity index (χ0n) is 12.6. The number of nitrogens with zero attached hydrogens (tertiary/aromatic N) is 2. The van der Waals surface area contributed by atoms with Crippen molar-refractivity contribution in [3.05, 3.63) is 0 Å². The highest BCUT2D eigenvalue weighted by Gasteiger charge is 2.42. The van der Waals surface area contributed by atoms with Gasteiger partial charge in [0.2, 0.25) is 5.91 Å². The van der Waals surface area contributed by atoms with Gasteiger partial charge in [-0.2, -0.15) is 0 Å². The number of thiocarbonyl (C=S) groups is 1. The van der Waals surface area contributed by atoms with E-state index in [4.69, 9.17) is 18.0 Å². The smallest absolute Gasteiger partial charge is 0.235 e. The zero-order valence-corrected chi connectivity index (χ0v) is 13.4. The van der Waals surface area contributed by atoms with Crippen molar-refractivity contribution >= 4 is 23.1 Å². The third-order valence-electron chi connectivity index (χ3n) is 4.40. The normalized spacial score (nSPS) is 22.1. The number of rotatable bonds is 4. The largest absolute Gasteiger partial charge is 0.392 e. The maximum Gasteiger partial charge on any atom is 0.235 e. The van der Waals surface area contributed by atoms with E-state index in [1.165, 1.54) is 0 Å². The number of hydrogen-bond acceptors (Lipinski definition) is 3. The summed E-state index contributed by atoms with van der Waals surface area (Å²) in [7, 11) is 2.10. The molecule has 0 radical (unpaired) electrons. The first kappa shape index (κ1) is 16.4. The second kappa shape index (κ2) is 6.66. The van der Waals surface area contributed by atoms with Crippen molar-refractivity contribution in [2.45, 2.75) is 46.1 Å². The molecule has 4 nitrogen and oxygen atoms in total. The Morgan fingerprint density at radius 2 is 1.95 bits per heavy atom. The van der Waals surface area contributed by atoms with E-state index in [2.05, 4.69) is 18.9 Å². The lowest BCUT2D eigenvalue weighted by molar-refractivity contribution is -0.140. The first-order valence-corrected chi connectivity index (χ1v) is 7.59. The molecule has 1 aliphatic heterocycles. The summed E-state index contributed by atoms with van der Waals surface area (Å²) in [6.07, 6.45) is 2.36. The molecule has 1 aliphatic rings. The number of carbonyl (C=O) groups excluding carboxylic acids is 1. The Morgan fingerprint density at radius 1 is 1.37 bits per heavy atom. The topological polar surface area (TPSA) is 49.6 Å². The minimum absolute atomic E-state index is 0.118. The van der Waals surface area contributed by atoms with Crippen LogP contribution in [0.4, 0.5) is 0 Å². The Hall–Kier alpha value is -0.680. The van der Waals surface area contributed by atoms with Crippen LogP contribution in [-0.2, 0) is 4.79 Å². The Bertz CT molecular complexity index is 342. The molecule has 1 amide bonds. The lowest BCUT2D eigenvalue weighted by Gasteiger charge is -2.37. The first-order valence-electron chi connectivity index (χ1n) is 7.18. The summed E-state index contributed by atoms with van der Waals surface area (Å²) in [5.74, 6) is 0.118. The quantitative estimate of drug-likeness (QED) is 0.798. The highest BCUT2D eigenvalue weighted by Crippen LogP contribution is 2.31. The fourth-order valence-electron chi connectivity index (χ4n) is 2.96. The molecule has 1 atom stereocenters. The van der Waals surface area contributed by atoms with Gasteiger partial charge in [-0.15, -0.1) is 0 Å². The molecule has 2 N–H and O–H groups in total. The average Bonchev–Trinajstić information content (AvgIpc) is 2.51. The molecule has 1 saturated heterocycles. The monoisotopic (exact) mass is 285 g/mol. The lowest BCUT2D eigenvalue weighted by Crippen LogP contribution is -2.53. The summed E-state index contributed by atoms with van der Waals surface area (Å²) in [4.78, 5) is 17.5. The van der Waals surface area contributed by atoms with Gasteiger partial charge in [-0.25, -0.2) is 0 Å². The molecule has 0 saturated carbocycles. The zero-order chi connectivity index (χ0) is 14.6. The predicted molar refractivity (Wildman–Crippen MR) is 83.1 cm³/mol. The summed E-state index contributed by atoms with van der Waals surface area (Å²) < 4.78 is 0. The van der Waals surface area contributed by atoms with Crippen molar-refractivity contribution in [3.63, 3.8) is 0 Å². The van der Waals surface area contributed by atoms with Gasteiger partial charge in [-0.3, -0.25) is 4.79 Å². The fourth-order valence-corrected chi connectivity index (χ4v) is 3.33. The van der Waals surface area contributed by atoms with Crippen LogP contribution < -0.4 is 5.73 Å². The maximum absolute atomic E-state index is 12.9. The second-order valence-corrected chi connectivity index (χ2v) is 6.06. The molecule has 110 valence electrons. The standard InChI is InChI=1S/C14H27N3OS/c1-5-14(6-2,12(15)19)13(18)17-9-7-8-16(4)10-11(17)3/h11H,5-10H2,1-4H3,(H2,15,19). The number of amides is 1. The van der Waals surface area contributed by atoms with Crippen LogP contribution in [0.15, 0.2) is 0 Å². The second-order valence-electron chi connectivity index (χ2n) is 5.62. The Kier molecular flexibility index (Phi) is 5.74. The van der Waals surface area contributed by atoms with Gasteiger partial charge in [-0.1, -0.05) is 26.1 Å². The van der Waals surface area contributed by atoms with Crippen molar-refractivity contribution in [2.24, 2.45) is 11.1 Å². The van der Waals surface area contributed by atoms with Crippen LogP contribution in [0.1, 0.15) is 40.0 Å². The van der Waals surface area contributed by atoms with Gasteiger partial charge in [0.05, 0.1) is 10.4 Å². The van der Waals surface area contributed by atoms with Gasteiger partial charge in [0, 0.05) is 19.1 Å². The highest BCUT2D eigenvalue weighted by molar-refractivity contribution is 7.80. The number of nitrogens with two attached hydrogens (primary N) is 1. The van der Waals surface area contributed by atoms with E-state index in [0.29, 0.717) is 17.8 Å². The van der Waals surface area contributed by atoms with Crippen molar-refractivity contribution in [1.29, 1.82) is 0 Å². The molecule has 19 heavy (non-hydrogen) atoms. The predicted octanol–water partition coefficient (Wildman–Crippen LogP) is 1.63. The van der Waals surface area contributed by atoms with Gasteiger partial charge >= 0.3 is 0 Å². The van der Waals surface area contributed by atoms with Crippen molar-refractivity contribution in [2.75, 3.05) is 26.7 Å². The van der Waals surface area contributed by atoms with E-state index in [-0.39, 0.29) is 11.9 Å². The van der Waals surface area contributed by atoms with Crippen LogP contribution in [0, 0.1) is 5.41 Å². The third-order valence-corrected chi connectivity index (χ3v) is 4.79. The summed E-state index contributed by atoms with van der Waals surface area (Å²) >= 11 is 5.19. The number of hydrogen-bond donors (Lipinski definition) is 1. The molecule has 0 aromatic heterocycles. The molecule has 0 aliphatic carbocycles. The summed E-state index contributed by atoms with van der Waals surface area (Å²) in [5, 5.41) is 0. The van der Waals surface area contributed by atoms with Crippen LogP contribution in [-0.4, -0.2) is 53.4 Å². The molecule has 0 bridgehead atoms. The van der Waals surface area contributed by atoms with Crippen LogP contribution in [0.3, 0.4) is 0 Å². The Morgan fingerprint density at radius 3 is 2.42 bits per heavy atom. The molecule has 5 heteroatoms. The van der Waals surface area contributed by atoms with E-state index in [0.717, 1.165) is 26.1 Å². The van der Waals surface area contributed by atoms with E-state index >= 15 is 0 Å². The van der Waals surface area contributed by atoms with Crippen LogP contribution in [0.2, 0.25) is 0 Å². The average molecular weight is 285 g/mol. The van der Waals surface area contributed by atoms with Crippen LogP contribution in [0.25, 0.3) is 0 Å². The molecule has 0 aromatic rings. The van der Waals surface area contributed by atoms with Gasteiger partial charge in [0.15, 0.2) is 0 Å². The Balaban J connectivity index is 2.99. The fraction of sp³-hybridized carbons (Fsp3) is 0.857. The summed E-state index contributed by atoms with van der Waals surface area (Å²) in [5.41, 5.74) is 5.23. The maximum atomic E-state index is 12.9. The minimum Gasteiger partial charge on any atom is -0.392 e. The summed E-state index contributed by atoms with van der Waals surface area (Å²) in [6, 6.07) is 0.215. The highest BCUT2D eigenvalue weighted by atomic mass is 32.1. The van der Waals surface area contributed by atoms with E-state index in [9.17, 15) is 4.79 Å². The van der Waals surface area contributed by atoms with Gasteiger partial charge in [-0.05, 0) is 39.8 Å². The number of carbonyl (C=O) groups is 1. The van der Waals surface area contributed by atoms with E-state index in [1.54, 1.807) is 0 Å².